The van der Waals surface area contributed by atoms with Crippen molar-refractivity contribution in [2.75, 3.05) is 23.0 Å². The zero-order valence-electron chi connectivity index (χ0n) is 16.5. The van der Waals surface area contributed by atoms with Crippen LogP contribution in [-0.2, 0) is 19.1 Å². The van der Waals surface area contributed by atoms with Crippen LogP contribution in [0.15, 0.2) is 42.5 Å². The molecule has 6 nitrogen and oxygen atoms in total. The summed E-state index contributed by atoms with van der Waals surface area (Å²) in [5, 5.41) is 4.67. The Morgan fingerprint density at radius 2 is 1.55 bits per heavy atom. The molecule has 0 spiro atoms. The number of thioether (sulfide) groups is 1. The molecule has 8 heteroatoms. The largest absolute Gasteiger partial charge is 0.455 e. The minimum absolute atomic E-state index is 0.0163. The van der Waals surface area contributed by atoms with E-state index in [4.69, 9.17) is 4.74 Å². The summed E-state index contributed by atoms with van der Waals surface area (Å²) in [6.07, 6.45) is 0. The number of esters is 1. The molecule has 0 fully saturated rings. The van der Waals surface area contributed by atoms with Crippen molar-refractivity contribution in [3.05, 3.63) is 59.4 Å². The predicted octanol–water partition coefficient (Wildman–Crippen LogP) is 3.68. The summed E-state index contributed by atoms with van der Waals surface area (Å²) in [6, 6.07) is 11.0. The van der Waals surface area contributed by atoms with Gasteiger partial charge in [0.25, 0.3) is 5.91 Å². The molecule has 0 heterocycles. The van der Waals surface area contributed by atoms with Gasteiger partial charge < -0.3 is 15.4 Å². The summed E-state index contributed by atoms with van der Waals surface area (Å²) in [5.74, 6) is -1.72. The van der Waals surface area contributed by atoms with Crippen molar-refractivity contribution >= 4 is 40.9 Å². The molecule has 0 aliphatic rings. The van der Waals surface area contributed by atoms with Crippen LogP contribution in [0.3, 0.4) is 0 Å². The van der Waals surface area contributed by atoms with E-state index in [-0.39, 0.29) is 11.7 Å². The molecule has 0 unspecified atom stereocenters. The third-order valence-electron chi connectivity index (χ3n) is 3.78. The first kappa shape index (κ1) is 22.4. The number of halogens is 1. The molecule has 1 atom stereocenters. The second kappa shape index (κ2) is 10.6. The van der Waals surface area contributed by atoms with Gasteiger partial charge in [-0.15, -0.1) is 11.8 Å². The van der Waals surface area contributed by atoms with Crippen LogP contribution in [-0.4, -0.2) is 35.4 Å². The van der Waals surface area contributed by atoms with E-state index in [1.54, 1.807) is 6.92 Å². The van der Waals surface area contributed by atoms with Gasteiger partial charge in [-0.2, -0.15) is 0 Å². The molecule has 2 amide bonds. The number of hydrogen-bond donors (Lipinski definition) is 2. The van der Waals surface area contributed by atoms with E-state index >= 15 is 0 Å². The van der Waals surface area contributed by atoms with Gasteiger partial charge in [0.1, 0.15) is 11.1 Å². The Bertz CT molecular complexity index is 866. The smallest absolute Gasteiger partial charge is 0.319 e. The molecule has 0 aliphatic heterocycles. The van der Waals surface area contributed by atoms with Crippen LogP contribution in [0.4, 0.5) is 15.8 Å². The average molecular weight is 418 g/mol. The summed E-state index contributed by atoms with van der Waals surface area (Å²) in [5.41, 5.74) is 3.14. The molecule has 0 aromatic heterocycles. The highest BCUT2D eigenvalue weighted by Crippen LogP contribution is 2.15. The molecule has 0 bridgehead atoms. The van der Waals surface area contributed by atoms with Gasteiger partial charge in [-0.05, 0) is 68.3 Å². The molecule has 154 valence electrons. The Morgan fingerprint density at radius 1 is 0.966 bits per heavy atom. The summed E-state index contributed by atoms with van der Waals surface area (Å²) < 4.78 is 17.9. The number of hydrogen-bond acceptors (Lipinski definition) is 5. The third-order valence-corrected chi connectivity index (χ3v) is 4.90. The minimum atomic E-state index is -0.622. The Hall–Kier alpha value is -2.87. The van der Waals surface area contributed by atoms with E-state index < -0.39 is 29.6 Å². The number of aryl methyl sites for hydroxylation is 2. The van der Waals surface area contributed by atoms with Crippen molar-refractivity contribution in [2.45, 2.75) is 26.0 Å². The van der Waals surface area contributed by atoms with Crippen LogP contribution in [0, 0.1) is 19.7 Å². The fourth-order valence-corrected chi connectivity index (χ4v) is 3.17. The van der Waals surface area contributed by atoms with Crippen molar-refractivity contribution in [3.63, 3.8) is 0 Å². The summed E-state index contributed by atoms with van der Waals surface area (Å²) in [4.78, 5) is 35.9. The molecule has 2 N–H and O–H groups in total. The van der Waals surface area contributed by atoms with Crippen molar-refractivity contribution in [3.8, 4) is 0 Å². The van der Waals surface area contributed by atoms with Gasteiger partial charge in [-0.25, -0.2) is 4.39 Å². The van der Waals surface area contributed by atoms with Crippen LogP contribution in [0.1, 0.15) is 18.1 Å². The van der Waals surface area contributed by atoms with Gasteiger partial charge in [0.15, 0.2) is 6.61 Å². The maximum absolute atomic E-state index is 12.9. The normalized spacial score (nSPS) is 11.4. The lowest BCUT2D eigenvalue weighted by molar-refractivity contribution is -0.146. The van der Waals surface area contributed by atoms with E-state index in [1.165, 1.54) is 24.3 Å². The van der Waals surface area contributed by atoms with Gasteiger partial charge >= 0.3 is 5.97 Å². The first-order chi connectivity index (χ1) is 13.7. The number of carbonyl (C=O) groups excluding carboxylic acids is 3. The number of carbonyl (C=O) groups is 3. The Labute approximate surface area is 173 Å². The van der Waals surface area contributed by atoms with Crippen molar-refractivity contribution in [1.29, 1.82) is 0 Å². The second-order valence-corrected chi connectivity index (χ2v) is 7.87. The van der Waals surface area contributed by atoms with Crippen LogP contribution in [0.25, 0.3) is 0 Å². The Morgan fingerprint density at radius 3 is 2.17 bits per heavy atom. The van der Waals surface area contributed by atoms with Gasteiger partial charge in [0.2, 0.25) is 5.91 Å². The monoisotopic (exact) mass is 418 g/mol. The summed E-state index contributed by atoms with van der Waals surface area (Å²) in [7, 11) is 0. The van der Waals surface area contributed by atoms with Crippen LogP contribution < -0.4 is 10.6 Å². The van der Waals surface area contributed by atoms with E-state index in [0.717, 1.165) is 22.9 Å². The fraction of sp³-hybridized carbons (Fsp3) is 0.286. The number of rotatable bonds is 8. The summed E-state index contributed by atoms with van der Waals surface area (Å²) in [6.45, 7) is 5.04. The maximum Gasteiger partial charge on any atom is 0.319 e. The topological polar surface area (TPSA) is 84.5 Å². The van der Waals surface area contributed by atoms with E-state index in [1.807, 2.05) is 32.0 Å². The molecule has 2 aromatic rings. The lowest BCUT2D eigenvalue weighted by Gasteiger charge is -2.12. The molecule has 2 rings (SSSR count). The molecule has 0 saturated heterocycles. The van der Waals surface area contributed by atoms with Crippen LogP contribution in [0.2, 0.25) is 0 Å². The first-order valence-corrected chi connectivity index (χ1v) is 9.99. The highest BCUT2D eigenvalue weighted by atomic mass is 32.2. The number of benzene rings is 2. The second-order valence-electron chi connectivity index (χ2n) is 6.54. The quantitative estimate of drug-likeness (QED) is 0.639. The molecular weight excluding hydrogens is 395 g/mol. The van der Waals surface area contributed by atoms with Gasteiger partial charge in [0, 0.05) is 11.4 Å². The first-order valence-electron chi connectivity index (χ1n) is 8.95. The maximum atomic E-state index is 12.9. The zero-order valence-corrected chi connectivity index (χ0v) is 17.3. The molecule has 2 aromatic carbocycles. The van der Waals surface area contributed by atoms with E-state index in [9.17, 15) is 18.8 Å². The standard InChI is InChI=1S/C21H23FN2O4S/c1-13-8-14(2)10-18(9-13)24-19(25)11-28-21(27)15(3)29-12-20(26)23-17-6-4-16(22)5-7-17/h4-10,15H,11-12H2,1-3H3,(H,23,26)(H,24,25)/t15-/m1/s1. The Kier molecular flexibility index (Phi) is 8.21. The van der Waals surface area contributed by atoms with E-state index in [2.05, 4.69) is 10.6 Å². The van der Waals surface area contributed by atoms with Crippen LogP contribution in [0.5, 0.6) is 0 Å². The third kappa shape index (κ3) is 7.95. The average Bonchev–Trinajstić information content (AvgIpc) is 2.65. The molecule has 0 radical (unpaired) electrons. The van der Waals surface area contributed by atoms with Gasteiger partial charge in [-0.1, -0.05) is 6.07 Å². The lowest BCUT2D eigenvalue weighted by atomic mass is 10.1. The van der Waals surface area contributed by atoms with Gasteiger partial charge in [0.05, 0.1) is 5.75 Å². The highest BCUT2D eigenvalue weighted by molar-refractivity contribution is 8.01. The van der Waals surface area contributed by atoms with Crippen molar-refractivity contribution in [2.24, 2.45) is 0 Å². The predicted molar refractivity (Wildman–Crippen MR) is 112 cm³/mol. The number of ether oxygens (including phenoxy) is 1. The number of anilines is 2. The zero-order chi connectivity index (χ0) is 21.4. The summed E-state index contributed by atoms with van der Waals surface area (Å²) >= 11 is 1.08. The number of nitrogens with one attached hydrogen (secondary N) is 2. The molecule has 29 heavy (non-hydrogen) atoms. The minimum Gasteiger partial charge on any atom is -0.455 e. The van der Waals surface area contributed by atoms with E-state index in [0.29, 0.717) is 11.4 Å². The number of amides is 2. The Balaban J connectivity index is 1.71. The molecular formula is C21H23FN2O4S. The molecule has 0 saturated carbocycles. The van der Waals surface area contributed by atoms with Crippen LogP contribution >= 0.6 is 11.8 Å². The lowest BCUT2D eigenvalue weighted by Crippen LogP contribution is -2.26. The SMILES string of the molecule is Cc1cc(C)cc(NC(=O)COC(=O)[C@@H](C)SCC(=O)Nc2ccc(F)cc2)c1. The highest BCUT2D eigenvalue weighted by Gasteiger charge is 2.18. The van der Waals surface area contributed by atoms with Gasteiger partial charge in [-0.3, -0.25) is 14.4 Å². The fourth-order valence-electron chi connectivity index (χ4n) is 2.50. The van der Waals surface area contributed by atoms with Crippen molar-refractivity contribution in [1.82, 2.24) is 0 Å². The van der Waals surface area contributed by atoms with Crippen molar-refractivity contribution < 1.29 is 23.5 Å². The molecule has 0 aliphatic carbocycles.